The van der Waals surface area contributed by atoms with Crippen LogP contribution in [0.3, 0.4) is 0 Å². The number of methoxy groups -OCH3 is 1. The molecule has 0 heterocycles. The third kappa shape index (κ3) is 2.72. The lowest BCUT2D eigenvalue weighted by Gasteiger charge is -2.17. The first kappa shape index (κ1) is 11.5. The Morgan fingerprint density at radius 2 is 1.93 bits per heavy atom. The largest absolute Gasteiger partial charge is 0.497 e. The quantitative estimate of drug-likeness (QED) is 0.904. The van der Waals surface area contributed by atoms with Gasteiger partial charge in [0.2, 0.25) is 0 Å². The molecule has 1 aromatic carbocycles. The van der Waals surface area contributed by atoms with Crippen molar-refractivity contribution in [2.24, 2.45) is 11.7 Å². The summed E-state index contributed by atoms with van der Waals surface area (Å²) in [5.41, 5.74) is 7.16. The number of hydrogen-bond donors (Lipinski definition) is 1. The van der Waals surface area contributed by atoms with Crippen molar-refractivity contribution in [3.05, 3.63) is 28.2 Å². The van der Waals surface area contributed by atoms with Crippen molar-refractivity contribution in [3.63, 3.8) is 0 Å². The van der Waals surface area contributed by atoms with Gasteiger partial charge >= 0.3 is 0 Å². The number of halogens is 1. The van der Waals surface area contributed by atoms with E-state index in [2.05, 4.69) is 29.8 Å². The van der Waals surface area contributed by atoms with Gasteiger partial charge in [-0.15, -0.1) is 0 Å². The van der Waals surface area contributed by atoms with Crippen LogP contribution >= 0.6 is 15.9 Å². The van der Waals surface area contributed by atoms with Crippen LogP contribution in [0.25, 0.3) is 0 Å². The van der Waals surface area contributed by atoms with Gasteiger partial charge in [0.05, 0.1) is 7.11 Å². The molecule has 0 fully saturated rings. The summed E-state index contributed by atoms with van der Waals surface area (Å²) in [5.74, 6) is 1.26. The van der Waals surface area contributed by atoms with Gasteiger partial charge in [-0.25, -0.2) is 0 Å². The molecule has 2 nitrogen and oxygen atoms in total. The first-order valence-electron chi connectivity index (χ1n) is 4.64. The first-order chi connectivity index (χ1) is 6.54. The fraction of sp³-hybridized carbons (Fsp3) is 0.455. The number of rotatable bonds is 3. The Morgan fingerprint density at radius 3 is 2.43 bits per heavy atom. The van der Waals surface area contributed by atoms with Crippen LogP contribution in [0.1, 0.15) is 25.5 Å². The molecular formula is C11H16BrNO. The summed E-state index contributed by atoms with van der Waals surface area (Å²) >= 11 is 3.44. The van der Waals surface area contributed by atoms with Gasteiger partial charge in [0, 0.05) is 10.5 Å². The molecule has 0 saturated carbocycles. The second kappa shape index (κ2) is 4.80. The summed E-state index contributed by atoms with van der Waals surface area (Å²) in [6.07, 6.45) is 0. The third-order valence-corrected chi connectivity index (χ3v) is 2.69. The van der Waals surface area contributed by atoms with Crippen LogP contribution in [0.2, 0.25) is 0 Å². The van der Waals surface area contributed by atoms with Crippen molar-refractivity contribution >= 4 is 15.9 Å². The second-order valence-electron chi connectivity index (χ2n) is 3.69. The fourth-order valence-corrected chi connectivity index (χ4v) is 1.77. The monoisotopic (exact) mass is 257 g/mol. The van der Waals surface area contributed by atoms with E-state index in [-0.39, 0.29) is 6.04 Å². The molecule has 0 bridgehead atoms. The standard InChI is InChI=1S/C11H16BrNO/c1-7(2)11(13)8-4-9(12)6-10(5-8)14-3/h4-7,11H,13H2,1-3H3/t11-/m1/s1. The average Bonchev–Trinajstić information content (AvgIpc) is 2.15. The highest BCUT2D eigenvalue weighted by Crippen LogP contribution is 2.27. The van der Waals surface area contributed by atoms with Crippen LogP contribution in [0.15, 0.2) is 22.7 Å². The zero-order chi connectivity index (χ0) is 10.7. The first-order valence-corrected chi connectivity index (χ1v) is 5.44. The minimum absolute atomic E-state index is 0.0569. The predicted octanol–water partition coefficient (Wildman–Crippen LogP) is 3.11. The van der Waals surface area contributed by atoms with E-state index < -0.39 is 0 Å². The van der Waals surface area contributed by atoms with Gasteiger partial charge in [-0.05, 0) is 29.7 Å². The van der Waals surface area contributed by atoms with Crippen molar-refractivity contribution in [2.75, 3.05) is 7.11 Å². The summed E-state index contributed by atoms with van der Waals surface area (Å²) in [6.45, 7) is 4.22. The van der Waals surface area contributed by atoms with Gasteiger partial charge in [-0.3, -0.25) is 0 Å². The van der Waals surface area contributed by atoms with Crippen LogP contribution in [0.5, 0.6) is 5.75 Å². The van der Waals surface area contributed by atoms with E-state index >= 15 is 0 Å². The van der Waals surface area contributed by atoms with Gasteiger partial charge in [-0.2, -0.15) is 0 Å². The molecule has 0 spiro atoms. The Hall–Kier alpha value is -0.540. The molecule has 0 aromatic heterocycles. The van der Waals surface area contributed by atoms with Crippen LogP contribution in [-0.4, -0.2) is 7.11 Å². The van der Waals surface area contributed by atoms with Gasteiger partial charge in [0.1, 0.15) is 5.75 Å². The minimum Gasteiger partial charge on any atom is -0.497 e. The number of benzene rings is 1. The zero-order valence-corrected chi connectivity index (χ0v) is 10.3. The zero-order valence-electron chi connectivity index (χ0n) is 8.75. The summed E-state index contributed by atoms with van der Waals surface area (Å²) in [7, 11) is 1.66. The Bertz CT molecular complexity index is 312. The second-order valence-corrected chi connectivity index (χ2v) is 4.61. The van der Waals surface area contributed by atoms with Crippen LogP contribution < -0.4 is 10.5 Å². The summed E-state index contributed by atoms with van der Waals surface area (Å²) in [6, 6.07) is 6.00. The van der Waals surface area contributed by atoms with Crippen molar-refractivity contribution in [2.45, 2.75) is 19.9 Å². The van der Waals surface area contributed by atoms with Gasteiger partial charge < -0.3 is 10.5 Å². The molecule has 0 radical (unpaired) electrons. The lowest BCUT2D eigenvalue weighted by atomic mass is 9.97. The molecule has 78 valence electrons. The van der Waals surface area contributed by atoms with E-state index in [0.717, 1.165) is 15.8 Å². The molecule has 14 heavy (non-hydrogen) atoms. The Morgan fingerprint density at radius 1 is 1.29 bits per heavy atom. The number of hydrogen-bond acceptors (Lipinski definition) is 2. The molecule has 1 rings (SSSR count). The molecule has 0 unspecified atom stereocenters. The van der Waals surface area contributed by atoms with Crippen molar-refractivity contribution in [1.29, 1.82) is 0 Å². The summed E-state index contributed by atoms with van der Waals surface area (Å²) < 4.78 is 6.18. The number of nitrogens with two attached hydrogens (primary N) is 1. The molecule has 1 atom stereocenters. The predicted molar refractivity (Wildman–Crippen MR) is 62.5 cm³/mol. The van der Waals surface area contributed by atoms with Crippen molar-refractivity contribution in [1.82, 2.24) is 0 Å². The van der Waals surface area contributed by atoms with E-state index in [9.17, 15) is 0 Å². The van der Waals surface area contributed by atoms with E-state index in [1.54, 1.807) is 7.11 Å². The topological polar surface area (TPSA) is 35.2 Å². The molecule has 2 N–H and O–H groups in total. The molecule has 0 amide bonds. The van der Waals surface area contributed by atoms with Crippen LogP contribution in [0, 0.1) is 5.92 Å². The SMILES string of the molecule is COc1cc(Br)cc([C@H](N)C(C)C)c1. The summed E-state index contributed by atoms with van der Waals surface area (Å²) in [5, 5.41) is 0. The van der Waals surface area contributed by atoms with E-state index in [4.69, 9.17) is 10.5 Å². The molecule has 0 saturated heterocycles. The smallest absolute Gasteiger partial charge is 0.120 e. The molecule has 0 aliphatic rings. The lowest BCUT2D eigenvalue weighted by Crippen LogP contribution is -2.16. The normalized spacial score (nSPS) is 13.0. The Balaban J connectivity index is 3.02. The third-order valence-electron chi connectivity index (χ3n) is 2.23. The van der Waals surface area contributed by atoms with Gasteiger partial charge in [0.25, 0.3) is 0 Å². The van der Waals surface area contributed by atoms with Crippen LogP contribution in [-0.2, 0) is 0 Å². The van der Waals surface area contributed by atoms with Crippen molar-refractivity contribution in [3.8, 4) is 5.75 Å². The molecule has 3 heteroatoms. The maximum absolute atomic E-state index is 6.05. The maximum Gasteiger partial charge on any atom is 0.120 e. The molecule has 0 aliphatic heterocycles. The van der Waals surface area contributed by atoms with E-state index in [1.165, 1.54) is 0 Å². The van der Waals surface area contributed by atoms with E-state index in [0.29, 0.717) is 5.92 Å². The maximum atomic E-state index is 6.05. The summed E-state index contributed by atoms with van der Waals surface area (Å²) in [4.78, 5) is 0. The molecule has 0 aliphatic carbocycles. The highest BCUT2D eigenvalue weighted by atomic mass is 79.9. The average molecular weight is 258 g/mol. The molecular weight excluding hydrogens is 242 g/mol. The lowest BCUT2D eigenvalue weighted by molar-refractivity contribution is 0.412. The minimum atomic E-state index is 0.0569. The van der Waals surface area contributed by atoms with Crippen molar-refractivity contribution < 1.29 is 4.74 Å². The Kier molecular flexibility index (Phi) is 3.96. The highest BCUT2D eigenvalue weighted by Gasteiger charge is 2.11. The van der Waals surface area contributed by atoms with E-state index in [1.807, 2.05) is 18.2 Å². The number of ether oxygens (including phenoxy) is 1. The fourth-order valence-electron chi connectivity index (χ4n) is 1.28. The molecule has 1 aromatic rings. The Labute approximate surface area is 93.6 Å². The van der Waals surface area contributed by atoms with Gasteiger partial charge in [0.15, 0.2) is 0 Å². The van der Waals surface area contributed by atoms with Crippen LogP contribution in [0.4, 0.5) is 0 Å². The van der Waals surface area contributed by atoms with Gasteiger partial charge in [-0.1, -0.05) is 29.8 Å². The highest BCUT2D eigenvalue weighted by molar-refractivity contribution is 9.10.